The lowest BCUT2D eigenvalue weighted by molar-refractivity contribution is -0.145. The van der Waals surface area contributed by atoms with Gasteiger partial charge >= 0.3 is 0 Å². The molecule has 1 aliphatic rings. The molecule has 1 aliphatic heterocycles. The summed E-state index contributed by atoms with van der Waals surface area (Å²) in [5, 5.41) is 3.99. The topological polar surface area (TPSA) is 112 Å². The highest BCUT2D eigenvalue weighted by atomic mass is 16.5. The van der Waals surface area contributed by atoms with Crippen molar-refractivity contribution >= 4 is 11.8 Å². The maximum atomic E-state index is 12.3. The summed E-state index contributed by atoms with van der Waals surface area (Å²) >= 11 is 0. The molecule has 2 amide bonds. The Kier molecular flexibility index (Phi) is 5.85. The Balaban J connectivity index is 1.56. The highest BCUT2D eigenvalue weighted by molar-refractivity contribution is 5.81. The Morgan fingerprint density at radius 2 is 2.04 bits per heavy atom. The SMILES string of the molecule is CC(C)c1ccc(-c2noc(CCC(=O)N3CCOC(C(N)=O)C3)n2)cc1. The number of hydrogen-bond acceptors (Lipinski definition) is 6. The number of amides is 2. The van der Waals surface area contributed by atoms with Crippen LogP contribution in [-0.2, 0) is 20.7 Å². The van der Waals surface area contributed by atoms with E-state index >= 15 is 0 Å². The highest BCUT2D eigenvalue weighted by Crippen LogP contribution is 2.21. The average Bonchev–Trinajstić information content (AvgIpc) is 3.15. The zero-order valence-electron chi connectivity index (χ0n) is 15.6. The van der Waals surface area contributed by atoms with Gasteiger partial charge in [-0.25, -0.2) is 0 Å². The summed E-state index contributed by atoms with van der Waals surface area (Å²) in [4.78, 5) is 29.5. The number of nitrogens with zero attached hydrogens (tertiary/aromatic N) is 3. The van der Waals surface area contributed by atoms with E-state index in [0.29, 0.717) is 37.2 Å². The van der Waals surface area contributed by atoms with Gasteiger partial charge in [-0.05, 0) is 11.5 Å². The molecular formula is C19H24N4O4. The molecule has 0 saturated carbocycles. The summed E-state index contributed by atoms with van der Waals surface area (Å²) < 4.78 is 10.5. The molecule has 0 bridgehead atoms. The maximum Gasteiger partial charge on any atom is 0.248 e. The number of ether oxygens (including phenoxy) is 1. The van der Waals surface area contributed by atoms with Crippen molar-refractivity contribution in [1.29, 1.82) is 0 Å². The molecule has 2 N–H and O–H groups in total. The molecule has 8 nitrogen and oxygen atoms in total. The van der Waals surface area contributed by atoms with Crippen LogP contribution in [0.1, 0.15) is 37.6 Å². The fourth-order valence-electron chi connectivity index (χ4n) is 2.91. The van der Waals surface area contributed by atoms with Gasteiger partial charge in [0.2, 0.25) is 23.5 Å². The number of nitrogens with two attached hydrogens (primary N) is 1. The molecule has 8 heteroatoms. The van der Waals surface area contributed by atoms with Gasteiger partial charge in [0.25, 0.3) is 0 Å². The minimum Gasteiger partial charge on any atom is -0.367 e. The molecular weight excluding hydrogens is 348 g/mol. The fraction of sp³-hybridized carbons (Fsp3) is 0.474. The molecule has 0 spiro atoms. The normalized spacial score (nSPS) is 17.3. The molecule has 3 rings (SSSR count). The molecule has 1 atom stereocenters. The van der Waals surface area contributed by atoms with E-state index in [1.165, 1.54) is 5.56 Å². The molecule has 1 unspecified atom stereocenters. The number of carbonyl (C=O) groups excluding carboxylic acids is 2. The van der Waals surface area contributed by atoms with E-state index in [9.17, 15) is 9.59 Å². The quantitative estimate of drug-likeness (QED) is 0.822. The third-order valence-corrected chi connectivity index (χ3v) is 4.59. The van der Waals surface area contributed by atoms with Crippen molar-refractivity contribution in [2.75, 3.05) is 19.7 Å². The van der Waals surface area contributed by atoms with Crippen LogP contribution in [0.15, 0.2) is 28.8 Å². The van der Waals surface area contributed by atoms with Gasteiger partial charge in [-0.3, -0.25) is 9.59 Å². The Hall–Kier alpha value is -2.74. The van der Waals surface area contributed by atoms with Gasteiger partial charge in [-0.1, -0.05) is 43.3 Å². The van der Waals surface area contributed by atoms with Crippen LogP contribution >= 0.6 is 0 Å². The second kappa shape index (κ2) is 8.30. The smallest absolute Gasteiger partial charge is 0.248 e. The average molecular weight is 372 g/mol. The maximum absolute atomic E-state index is 12.3. The minimum absolute atomic E-state index is 0.0920. The van der Waals surface area contributed by atoms with Crippen LogP contribution in [-0.4, -0.2) is 52.7 Å². The van der Waals surface area contributed by atoms with Crippen LogP contribution < -0.4 is 5.73 Å². The first-order valence-corrected chi connectivity index (χ1v) is 9.05. The third-order valence-electron chi connectivity index (χ3n) is 4.59. The second-order valence-corrected chi connectivity index (χ2v) is 6.89. The van der Waals surface area contributed by atoms with E-state index in [1.807, 2.05) is 24.3 Å². The lowest BCUT2D eigenvalue weighted by Crippen LogP contribution is -2.50. The first-order chi connectivity index (χ1) is 12.9. The predicted molar refractivity (Wildman–Crippen MR) is 97.7 cm³/mol. The summed E-state index contributed by atoms with van der Waals surface area (Å²) in [5.74, 6) is 0.724. The number of carbonyl (C=O) groups is 2. The molecule has 2 heterocycles. The number of primary amides is 1. The second-order valence-electron chi connectivity index (χ2n) is 6.89. The zero-order chi connectivity index (χ0) is 19.4. The van der Waals surface area contributed by atoms with Gasteiger partial charge in [0, 0.05) is 24.9 Å². The number of benzene rings is 1. The van der Waals surface area contributed by atoms with Crippen LogP contribution in [0.5, 0.6) is 0 Å². The van der Waals surface area contributed by atoms with E-state index in [1.54, 1.807) is 4.90 Å². The number of hydrogen-bond donors (Lipinski definition) is 1. The molecule has 1 saturated heterocycles. The van der Waals surface area contributed by atoms with E-state index in [2.05, 4.69) is 24.0 Å². The molecule has 1 aromatic carbocycles. The van der Waals surface area contributed by atoms with Crippen LogP contribution in [0.3, 0.4) is 0 Å². The summed E-state index contributed by atoms with van der Waals surface area (Å²) in [6, 6.07) is 8.03. The van der Waals surface area contributed by atoms with E-state index in [-0.39, 0.29) is 18.9 Å². The number of aromatic nitrogens is 2. The standard InChI is InChI=1S/C19H24N4O4/c1-12(2)13-3-5-14(6-4-13)19-21-16(27-22-19)7-8-17(24)23-9-10-26-15(11-23)18(20)25/h3-6,12,15H,7-11H2,1-2H3,(H2,20,25). The molecule has 27 heavy (non-hydrogen) atoms. The molecule has 0 radical (unpaired) electrons. The van der Waals surface area contributed by atoms with Crippen molar-refractivity contribution in [2.24, 2.45) is 5.73 Å². The van der Waals surface area contributed by atoms with Gasteiger partial charge in [0.15, 0.2) is 6.10 Å². The van der Waals surface area contributed by atoms with Crippen molar-refractivity contribution in [1.82, 2.24) is 15.0 Å². The first kappa shape index (κ1) is 19.0. The van der Waals surface area contributed by atoms with E-state index < -0.39 is 12.0 Å². The monoisotopic (exact) mass is 372 g/mol. The van der Waals surface area contributed by atoms with E-state index in [0.717, 1.165) is 5.56 Å². The molecule has 1 fully saturated rings. The predicted octanol–water partition coefficient (Wildman–Crippen LogP) is 1.51. The van der Waals surface area contributed by atoms with Gasteiger partial charge in [0.1, 0.15) is 0 Å². The first-order valence-electron chi connectivity index (χ1n) is 9.05. The zero-order valence-corrected chi connectivity index (χ0v) is 15.6. The van der Waals surface area contributed by atoms with Crippen LogP contribution in [0.2, 0.25) is 0 Å². The summed E-state index contributed by atoms with van der Waals surface area (Å²) in [5.41, 5.74) is 7.36. The minimum atomic E-state index is -0.744. The summed E-state index contributed by atoms with van der Waals surface area (Å²) in [7, 11) is 0. The van der Waals surface area contributed by atoms with Crippen molar-refractivity contribution in [3.05, 3.63) is 35.7 Å². The van der Waals surface area contributed by atoms with Gasteiger partial charge in [0.05, 0.1) is 13.2 Å². The highest BCUT2D eigenvalue weighted by Gasteiger charge is 2.27. The largest absolute Gasteiger partial charge is 0.367 e. The lowest BCUT2D eigenvalue weighted by atomic mass is 10.0. The molecule has 144 valence electrons. The Morgan fingerprint density at radius 3 is 2.70 bits per heavy atom. The van der Waals surface area contributed by atoms with Crippen molar-refractivity contribution in [3.63, 3.8) is 0 Å². The van der Waals surface area contributed by atoms with Crippen molar-refractivity contribution in [2.45, 2.75) is 38.7 Å². The lowest BCUT2D eigenvalue weighted by Gasteiger charge is -2.31. The summed E-state index contributed by atoms with van der Waals surface area (Å²) in [6.45, 7) is 5.21. The Labute approximate surface area is 157 Å². The molecule has 0 aliphatic carbocycles. The van der Waals surface area contributed by atoms with Crippen LogP contribution in [0, 0.1) is 0 Å². The Morgan fingerprint density at radius 1 is 1.30 bits per heavy atom. The number of morpholine rings is 1. The number of rotatable bonds is 6. The van der Waals surface area contributed by atoms with Crippen molar-refractivity contribution in [3.8, 4) is 11.4 Å². The van der Waals surface area contributed by atoms with E-state index in [4.69, 9.17) is 15.0 Å². The van der Waals surface area contributed by atoms with Gasteiger partial charge in [-0.15, -0.1) is 0 Å². The number of aryl methyl sites for hydroxylation is 1. The fourth-order valence-corrected chi connectivity index (χ4v) is 2.91. The van der Waals surface area contributed by atoms with Gasteiger partial charge < -0.3 is 19.9 Å². The van der Waals surface area contributed by atoms with Gasteiger partial charge in [-0.2, -0.15) is 4.98 Å². The third kappa shape index (κ3) is 4.71. The molecule has 1 aromatic heterocycles. The van der Waals surface area contributed by atoms with Crippen molar-refractivity contribution < 1.29 is 18.8 Å². The van der Waals surface area contributed by atoms with Crippen LogP contribution in [0.4, 0.5) is 0 Å². The Bertz CT molecular complexity index is 800. The summed E-state index contributed by atoms with van der Waals surface area (Å²) in [6.07, 6.45) is -0.181. The molecule has 2 aromatic rings. The van der Waals surface area contributed by atoms with Crippen LogP contribution in [0.25, 0.3) is 11.4 Å².